The van der Waals surface area contributed by atoms with Crippen LogP contribution >= 0.6 is 22.9 Å². The number of amides is 2. The predicted octanol–water partition coefficient (Wildman–Crippen LogP) is 5.69. The summed E-state index contributed by atoms with van der Waals surface area (Å²) in [5, 5.41) is 2.70. The quantitative estimate of drug-likeness (QED) is 0.378. The smallest absolute Gasteiger partial charge is 0.290 e. The van der Waals surface area contributed by atoms with E-state index in [9.17, 15) is 9.59 Å². The largest absolute Gasteiger partial charge is 0.491 e. The maximum Gasteiger partial charge on any atom is 0.290 e. The molecular weight excluding hydrogens is 472 g/mol. The first-order chi connectivity index (χ1) is 16.4. The molecule has 6 nitrogen and oxygen atoms in total. The average Bonchev–Trinajstić information content (AvgIpc) is 3.53. The van der Waals surface area contributed by atoms with Crippen LogP contribution in [-0.4, -0.2) is 47.9 Å². The third-order valence-corrected chi connectivity index (χ3v) is 7.21. The fourth-order valence-electron chi connectivity index (χ4n) is 4.06. The fraction of sp³-hybridized carbons (Fsp3) is 0.385. The van der Waals surface area contributed by atoms with E-state index in [1.807, 2.05) is 17.0 Å². The SMILES string of the molecule is CC(C)CCN(CC(=O)N1CCc2sccc2C1COc1ccc(Cl)cc1)C(=O)c1ccco1. The van der Waals surface area contributed by atoms with Crippen LogP contribution in [0.3, 0.4) is 0 Å². The Balaban J connectivity index is 1.51. The van der Waals surface area contributed by atoms with E-state index in [1.54, 1.807) is 40.5 Å². The summed E-state index contributed by atoms with van der Waals surface area (Å²) in [7, 11) is 0. The highest BCUT2D eigenvalue weighted by molar-refractivity contribution is 7.10. The topological polar surface area (TPSA) is 63.0 Å². The van der Waals surface area contributed by atoms with Crippen molar-refractivity contribution in [3.63, 3.8) is 0 Å². The van der Waals surface area contributed by atoms with E-state index in [2.05, 4.69) is 25.3 Å². The van der Waals surface area contributed by atoms with Gasteiger partial charge in [-0.2, -0.15) is 0 Å². The summed E-state index contributed by atoms with van der Waals surface area (Å²) in [6.45, 7) is 5.62. The van der Waals surface area contributed by atoms with Crippen LogP contribution in [0.1, 0.15) is 47.3 Å². The lowest BCUT2D eigenvalue weighted by Crippen LogP contribution is -2.48. The Morgan fingerprint density at radius 2 is 2.03 bits per heavy atom. The van der Waals surface area contributed by atoms with Crippen LogP contribution in [0.2, 0.25) is 5.02 Å². The molecule has 0 saturated heterocycles. The van der Waals surface area contributed by atoms with Crippen molar-refractivity contribution < 1.29 is 18.7 Å². The molecule has 0 aliphatic carbocycles. The van der Waals surface area contributed by atoms with Crippen molar-refractivity contribution in [2.24, 2.45) is 5.92 Å². The Hall–Kier alpha value is -2.77. The summed E-state index contributed by atoms with van der Waals surface area (Å²) in [4.78, 5) is 31.3. The van der Waals surface area contributed by atoms with Gasteiger partial charge in [0.1, 0.15) is 18.9 Å². The number of benzene rings is 1. The summed E-state index contributed by atoms with van der Waals surface area (Å²) in [5.41, 5.74) is 1.12. The lowest BCUT2D eigenvalue weighted by molar-refractivity contribution is -0.135. The molecule has 0 spiro atoms. The zero-order valence-corrected chi connectivity index (χ0v) is 21.0. The maximum absolute atomic E-state index is 13.6. The number of nitrogens with zero attached hydrogens (tertiary/aromatic N) is 2. The molecule has 0 bridgehead atoms. The van der Waals surface area contributed by atoms with Crippen LogP contribution in [-0.2, 0) is 11.2 Å². The first-order valence-electron chi connectivity index (χ1n) is 11.5. The Morgan fingerprint density at radius 3 is 2.74 bits per heavy atom. The van der Waals surface area contributed by atoms with E-state index in [0.717, 1.165) is 18.4 Å². The molecule has 34 heavy (non-hydrogen) atoms. The summed E-state index contributed by atoms with van der Waals surface area (Å²) < 4.78 is 11.4. The van der Waals surface area contributed by atoms with Crippen LogP contribution in [0.4, 0.5) is 0 Å². The summed E-state index contributed by atoms with van der Waals surface area (Å²) >= 11 is 7.69. The summed E-state index contributed by atoms with van der Waals surface area (Å²) in [6.07, 6.45) is 3.08. The Kier molecular flexibility index (Phi) is 7.95. The number of carbonyl (C=O) groups is 2. The zero-order chi connectivity index (χ0) is 24.1. The van der Waals surface area contributed by atoms with Crippen LogP contribution in [0.5, 0.6) is 5.75 Å². The minimum absolute atomic E-state index is 0.00314. The van der Waals surface area contributed by atoms with Gasteiger partial charge in [0.15, 0.2) is 5.76 Å². The molecule has 1 aliphatic rings. The Morgan fingerprint density at radius 1 is 1.24 bits per heavy atom. The van der Waals surface area contributed by atoms with Crippen molar-refractivity contribution >= 4 is 34.8 Å². The number of hydrogen-bond acceptors (Lipinski definition) is 5. The van der Waals surface area contributed by atoms with Crippen molar-refractivity contribution in [3.05, 3.63) is 75.3 Å². The first kappa shape index (κ1) is 24.4. The Bertz CT molecular complexity index is 1090. The van der Waals surface area contributed by atoms with Gasteiger partial charge in [-0.1, -0.05) is 25.4 Å². The number of carbonyl (C=O) groups excluding carboxylic acids is 2. The van der Waals surface area contributed by atoms with Gasteiger partial charge in [0.2, 0.25) is 5.91 Å². The molecule has 8 heteroatoms. The molecule has 1 aliphatic heterocycles. The van der Waals surface area contributed by atoms with Gasteiger partial charge in [0.25, 0.3) is 5.91 Å². The van der Waals surface area contributed by atoms with Gasteiger partial charge in [0.05, 0.1) is 12.3 Å². The van der Waals surface area contributed by atoms with Crippen LogP contribution in [0.15, 0.2) is 58.5 Å². The number of rotatable bonds is 9. The molecule has 3 heterocycles. The van der Waals surface area contributed by atoms with Gasteiger partial charge in [-0.3, -0.25) is 9.59 Å². The Labute approximate surface area is 209 Å². The fourth-order valence-corrected chi connectivity index (χ4v) is 5.11. The molecule has 2 aromatic heterocycles. The molecule has 0 N–H and O–H groups in total. The van der Waals surface area contributed by atoms with E-state index in [0.29, 0.717) is 36.4 Å². The standard InChI is InChI=1S/C26H29ClN2O4S/c1-18(2)9-12-28(26(31)23-4-3-14-32-23)16-25(30)29-13-10-24-21(11-15-34-24)22(29)17-33-20-7-5-19(27)6-8-20/h3-8,11,14-15,18,22H,9-10,12-13,16-17H2,1-2H3. The molecule has 4 rings (SSSR count). The van der Waals surface area contributed by atoms with Gasteiger partial charge in [-0.05, 0) is 72.2 Å². The number of ether oxygens (including phenoxy) is 1. The van der Waals surface area contributed by atoms with Crippen molar-refractivity contribution in [3.8, 4) is 5.75 Å². The van der Waals surface area contributed by atoms with Crippen molar-refractivity contribution in [1.82, 2.24) is 9.80 Å². The van der Waals surface area contributed by atoms with Crippen molar-refractivity contribution in [2.75, 3.05) is 26.2 Å². The van der Waals surface area contributed by atoms with Crippen molar-refractivity contribution in [2.45, 2.75) is 32.7 Å². The number of halogens is 1. The molecule has 0 radical (unpaired) electrons. The maximum atomic E-state index is 13.6. The van der Waals surface area contributed by atoms with Gasteiger partial charge < -0.3 is 19.0 Å². The molecule has 1 aromatic carbocycles. The second kappa shape index (κ2) is 11.1. The minimum atomic E-state index is -0.263. The summed E-state index contributed by atoms with van der Waals surface area (Å²) in [5.74, 6) is 1.00. The number of furan rings is 1. The molecule has 0 saturated carbocycles. The van der Waals surface area contributed by atoms with Crippen molar-refractivity contribution in [1.29, 1.82) is 0 Å². The highest BCUT2D eigenvalue weighted by Gasteiger charge is 2.34. The lowest BCUT2D eigenvalue weighted by atomic mass is 10.0. The molecule has 3 aromatic rings. The van der Waals surface area contributed by atoms with Gasteiger partial charge in [-0.25, -0.2) is 0 Å². The highest BCUT2D eigenvalue weighted by atomic mass is 35.5. The second-order valence-corrected chi connectivity index (χ2v) is 10.2. The number of fused-ring (bicyclic) bond motifs is 1. The van der Waals surface area contributed by atoms with Gasteiger partial charge >= 0.3 is 0 Å². The zero-order valence-electron chi connectivity index (χ0n) is 19.4. The number of thiophene rings is 1. The normalized spacial score (nSPS) is 15.3. The average molecular weight is 501 g/mol. The van der Waals surface area contributed by atoms with E-state index >= 15 is 0 Å². The van der Waals surface area contributed by atoms with E-state index in [-0.39, 0.29) is 30.2 Å². The van der Waals surface area contributed by atoms with Crippen LogP contribution in [0, 0.1) is 5.92 Å². The molecule has 1 atom stereocenters. The van der Waals surface area contributed by atoms with E-state index < -0.39 is 0 Å². The van der Waals surface area contributed by atoms with Crippen LogP contribution < -0.4 is 4.74 Å². The second-order valence-electron chi connectivity index (χ2n) is 8.80. The molecule has 0 fully saturated rings. The third kappa shape index (κ3) is 5.83. The molecular formula is C26H29ClN2O4S. The predicted molar refractivity (Wildman–Crippen MR) is 133 cm³/mol. The highest BCUT2D eigenvalue weighted by Crippen LogP contribution is 2.34. The van der Waals surface area contributed by atoms with Gasteiger partial charge in [0, 0.05) is 23.0 Å². The van der Waals surface area contributed by atoms with E-state index in [1.165, 1.54) is 11.1 Å². The molecule has 180 valence electrons. The minimum Gasteiger partial charge on any atom is -0.491 e. The lowest BCUT2D eigenvalue weighted by Gasteiger charge is -2.37. The van der Waals surface area contributed by atoms with E-state index in [4.69, 9.17) is 20.8 Å². The third-order valence-electron chi connectivity index (χ3n) is 5.96. The first-order valence-corrected chi connectivity index (χ1v) is 12.7. The van der Waals surface area contributed by atoms with Gasteiger partial charge in [-0.15, -0.1) is 11.3 Å². The molecule has 2 amide bonds. The van der Waals surface area contributed by atoms with Crippen LogP contribution in [0.25, 0.3) is 0 Å². The number of hydrogen-bond donors (Lipinski definition) is 0. The summed E-state index contributed by atoms with van der Waals surface area (Å²) in [6, 6.07) is 12.4. The monoisotopic (exact) mass is 500 g/mol. The molecule has 1 unspecified atom stereocenters.